The van der Waals surface area contributed by atoms with Gasteiger partial charge in [0.05, 0.1) is 22.8 Å². The quantitative estimate of drug-likeness (QED) is 0.514. The second-order valence-electron chi connectivity index (χ2n) is 11.2. The molecule has 0 bridgehead atoms. The molecule has 0 saturated carbocycles. The van der Waals surface area contributed by atoms with E-state index in [0.717, 1.165) is 80.5 Å². The van der Waals surface area contributed by atoms with Crippen LogP contribution in [0.2, 0.25) is 0 Å². The molecule has 6 rings (SSSR count). The fourth-order valence-electron chi connectivity index (χ4n) is 6.34. The lowest BCUT2D eigenvalue weighted by Gasteiger charge is -2.44. The van der Waals surface area contributed by atoms with Crippen molar-refractivity contribution in [3.63, 3.8) is 0 Å². The number of rotatable bonds is 5. The van der Waals surface area contributed by atoms with Crippen LogP contribution in [0.15, 0.2) is 31.1 Å². The molecule has 0 radical (unpaired) electrons. The summed E-state index contributed by atoms with van der Waals surface area (Å²) in [5, 5.41) is 13.6. The molecule has 3 fully saturated rings. The van der Waals surface area contributed by atoms with E-state index < -0.39 is 16.1 Å². The number of aliphatic hydroxyl groups excluding tert-OH is 1. The molecule has 0 aliphatic carbocycles. The summed E-state index contributed by atoms with van der Waals surface area (Å²) in [6, 6.07) is 4.92. The van der Waals surface area contributed by atoms with Crippen LogP contribution in [0.1, 0.15) is 24.0 Å². The van der Waals surface area contributed by atoms with Crippen LogP contribution >= 0.6 is 0 Å². The third-order valence-corrected chi connectivity index (χ3v) is 10.3. The largest absolute Gasteiger partial charge is 0.486 e. The van der Waals surface area contributed by atoms with Gasteiger partial charge in [-0.05, 0) is 43.5 Å². The first kappa shape index (κ1) is 27.3. The van der Waals surface area contributed by atoms with Crippen molar-refractivity contribution in [2.24, 2.45) is 0 Å². The van der Waals surface area contributed by atoms with Gasteiger partial charge in [0.25, 0.3) is 0 Å². The number of benzene rings is 1. The number of piperazine rings is 1. The van der Waals surface area contributed by atoms with Crippen LogP contribution in [-0.2, 0) is 16.4 Å². The van der Waals surface area contributed by atoms with E-state index in [2.05, 4.69) is 55.6 Å². The predicted molar refractivity (Wildman–Crippen MR) is 156 cm³/mol. The zero-order valence-electron chi connectivity index (χ0n) is 23.1. The molecule has 1 atom stereocenters. The molecular formula is C28H39N7O4S. The highest BCUT2D eigenvalue weighted by atomic mass is 32.2. The molecule has 4 aliphatic heterocycles. The summed E-state index contributed by atoms with van der Waals surface area (Å²) in [6.45, 7) is 12.6. The molecule has 2 aromatic rings. The van der Waals surface area contributed by atoms with Crippen LogP contribution in [0.3, 0.4) is 0 Å². The van der Waals surface area contributed by atoms with E-state index in [1.165, 1.54) is 12.0 Å². The second kappa shape index (κ2) is 11.2. The molecule has 11 nitrogen and oxygen atoms in total. The zero-order chi connectivity index (χ0) is 27.9. The Morgan fingerprint density at radius 3 is 2.48 bits per heavy atom. The molecule has 0 spiro atoms. The maximum absolute atomic E-state index is 11.9. The van der Waals surface area contributed by atoms with E-state index in [9.17, 15) is 13.5 Å². The van der Waals surface area contributed by atoms with Gasteiger partial charge in [0.2, 0.25) is 0 Å². The first-order valence-electron chi connectivity index (χ1n) is 14.2. The van der Waals surface area contributed by atoms with Crippen molar-refractivity contribution in [1.82, 2.24) is 19.8 Å². The number of piperidine rings is 1. The number of sulfone groups is 1. The predicted octanol–water partition coefficient (Wildman–Crippen LogP) is 1.75. The van der Waals surface area contributed by atoms with Crippen molar-refractivity contribution in [3.05, 3.63) is 42.2 Å². The summed E-state index contributed by atoms with van der Waals surface area (Å²) in [4.78, 5) is 18.2. The minimum Gasteiger partial charge on any atom is -0.486 e. The molecule has 4 aliphatic rings. The number of anilines is 4. The maximum Gasteiger partial charge on any atom is 0.153 e. The summed E-state index contributed by atoms with van der Waals surface area (Å²) in [7, 11) is -2.99. The molecule has 1 unspecified atom stereocenters. The Hall–Kier alpha value is -2.93. The monoisotopic (exact) mass is 569 g/mol. The van der Waals surface area contributed by atoms with E-state index in [1.807, 2.05) is 4.90 Å². The van der Waals surface area contributed by atoms with Crippen LogP contribution in [0.25, 0.3) is 0 Å². The number of nitrogens with zero attached hydrogens (tertiary/aromatic N) is 6. The van der Waals surface area contributed by atoms with Crippen LogP contribution in [0.5, 0.6) is 5.75 Å². The lowest BCUT2D eigenvalue weighted by Crippen LogP contribution is -2.55. The van der Waals surface area contributed by atoms with E-state index in [-0.39, 0.29) is 11.5 Å². The van der Waals surface area contributed by atoms with Crippen LogP contribution in [0.4, 0.5) is 23.0 Å². The number of fused-ring (bicyclic) bond motifs is 2. The van der Waals surface area contributed by atoms with Crippen molar-refractivity contribution in [2.45, 2.75) is 38.6 Å². The van der Waals surface area contributed by atoms with Crippen LogP contribution < -0.4 is 19.9 Å². The van der Waals surface area contributed by atoms with Crippen LogP contribution in [0, 0.1) is 6.92 Å². The topological polar surface area (TPSA) is 114 Å². The first-order valence-corrected chi connectivity index (χ1v) is 16.0. The Bertz CT molecular complexity index is 1340. The number of aliphatic hydroxyl groups is 1. The minimum atomic E-state index is -2.99. The molecule has 40 heavy (non-hydrogen) atoms. The zero-order valence-corrected chi connectivity index (χ0v) is 23.9. The molecule has 1 aromatic carbocycles. The van der Waals surface area contributed by atoms with Crippen molar-refractivity contribution in [3.8, 4) is 5.75 Å². The van der Waals surface area contributed by atoms with Crippen molar-refractivity contribution < 1.29 is 18.3 Å². The molecule has 3 saturated heterocycles. The van der Waals surface area contributed by atoms with Crippen molar-refractivity contribution in [2.75, 3.05) is 79.0 Å². The Morgan fingerprint density at radius 2 is 1.77 bits per heavy atom. The van der Waals surface area contributed by atoms with Gasteiger partial charge in [0.1, 0.15) is 36.5 Å². The molecule has 0 amide bonds. The summed E-state index contributed by atoms with van der Waals surface area (Å²) < 4.78 is 30.2. The lowest BCUT2D eigenvalue weighted by molar-refractivity contribution is -0.00695. The highest BCUT2D eigenvalue weighted by Crippen LogP contribution is 2.41. The van der Waals surface area contributed by atoms with E-state index in [1.54, 1.807) is 6.08 Å². The highest BCUT2D eigenvalue weighted by molar-refractivity contribution is 7.91. The van der Waals surface area contributed by atoms with E-state index in [4.69, 9.17) is 4.74 Å². The van der Waals surface area contributed by atoms with Gasteiger partial charge in [0, 0.05) is 64.1 Å². The van der Waals surface area contributed by atoms with Gasteiger partial charge in [-0.2, -0.15) is 0 Å². The van der Waals surface area contributed by atoms with E-state index in [0.29, 0.717) is 31.6 Å². The van der Waals surface area contributed by atoms with Gasteiger partial charge in [-0.15, -0.1) is 0 Å². The number of aryl methyl sites for hydroxylation is 1. The third kappa shape index (κ3) is 5.50. The van der Waals surface area contributed by atoms with Gasteiger partial charge in [-0.1, -0.05) is 6.58 Å². The molecule has 2 N–H and O–H groups in total. The summed E-state index contributed by atoms with van der Waals surface area (Å²) in [5.74, 6) is 2.51. The molecule has 12 heteroatoms. The Labute approximate surface area is 236 Å². The molecular weight excluding hydrogens is 530 g/mol. The molecule has 5 heterocycles. The normalized spacial score (nSPS) is 22.9. The number of hydrogen-bond donors (Lipinski definition) is 2. The number of ether oxygens (including phenoxy) is 1. The highest BCUT2D eigenvalue weighted by Gasteiger charge is 2.31. The Morgan fingerprint density at radius 1 is 1.05 bits per heavy atom. The SMILES string of the molecule is C=CC(O)N1CCN(C2CCN(c3cc(C)c4c(c3)Nc3ncnc(N5CCS(=O)(=O)CC5)c3CO4)CC2)CC1. The fraction of sp³-hybridized carbons (Fsp3) is 0.571. The summed E-state index contributed by atoms with van der Waals surface area (Å²) >= 11 is 0. The Balaban J connectivity index is 1.14. The summed E-state index contributed by atoms with van der Waals surface area (Å²) in [5.41, 5.74) is 3.97. The van der Waals surface area contributed by atoms with Crippen LogP contribution in [-0.4, -0.2) is 109 Å². The molecule has 1 aromatic heterocycles. The van der Waals surface area contributed by atoms with E-state index >= 15 is 0 Å². The average molecular weight is 570 g/mol. The number of hydrogen-bond acceptors (Lipinski definition) is 11. The Kier molecular flexibility index (Phi) is 7.60. The first-order chi connectivity index (χ1) is 19.3. The standard InChI is InChI=1S/C28H39N7O4S/c1-3-25(36)34-10-8-33(9-11-34)21-4-6-32(7-5-21)22-16-20(2)26-24(17-22)31-27-23(18-39-26)28(30-19-29-27)35-12-14-40(37,38)15-13-35/h3,16-17,19,21,25,36H,1,4-15,18H2,2H3,(H,29,30,31). The van der Waals surface area contributed by atoms with Gasteiger partial charge < -0.3 is 25.0 Å². The second-order valence-corrected chi connectivity index (χ2v) is 13.5. The van der Waals surface area contributed by atoms with Gasteiger partial charge >= 0.3 is 0 Å². The molecule has 216 valence electrons. The fourth-order valence-corrected chi connectivity index (χ4v) is 7.54. The lowest BCUT2D eigenvalue weighted by atomic mass is 10.0. The van der Waals surface area contributed by atoms with Crippen molar-refractivity contribution >= 4 is 32.8 Å². The maximum atomic E-state index is 11.9. The third-order valence-electron chi connectivity index (χ3n) is 8.72. The van der Waals surface area contributed by atoms with Gasteiger partial charge in [-0.3, -0.25) is 9.80 Å². The van der Waals surface area contributed by atoms with Gasteiger partial charge in [0.15, 0.2) is 9.84 Å². The smallest absolute Gasteiger partial charge is 0.153 e. The minimum absolute atomic E-state index is 0.133. The number of nitrogens with one attached hydrogen (secondary N) is 1. The summed E-state index contributed by atoms with van der Waals surface area (Å²) in [6.07, 6.45) is 4.80. The van der Waals surface area contributed by atoms with Crippen molar-refractivity contribution in [1.29, 1.82) is 0 Å². The average Bonchev–Trinajstić information content (AvgIpc) is 3.17. The number of aromatic nitrogens is 2. The van der Waals surface area contributed by atoms with Gasteiger partial charge in [-0.25, -0.2) is 18.4 Å².